The van der Waals surface area contributed by atoms with Crippen molar-refractivity contribution in [2.75, 3.05) is 20.3 Å². The molecule has 2 aromatic rings. The molecule has 8 heteroatoms. The van der Waals surface area contributed by atoms with Gasteiger partial charge in [-0.15, -0.1) is 0 Å². The Hall–Kier alpha value is -2.58. The van der Waals surface area contributed by atoms with E-state index in [1.54, 1.807) is 6.07 Å². The van der Waals surface area contributed by atoms with Gasteiger partial charge in [0.25, 0.3) is 5.91 Å². The van der Waals surface area contributed by atoms with Gasteiger partial charge in [0, 0.05) is 5.56 Å². The molecule has 1 unspecified atom stereocenters. The normalized spacial score (nSPS) is 14.5. The van der Waals surface area contributed by atoms with Gasteiger partial charge in [0.15, 0.2) is 11.5 Å². The van der Waals surface area contributed by atoms with E-state index in [4.69, 9.17) is 9.47 Å². The smallest absolute Gasteiger partial charge is 0.251 e. The van der Waals surface area contributed by atoms with E-state index in [-0.39, 0.29) is 22.4 Å². The van der Waals surface area contributed by atoms with Crippen molar-refractivity contribution in [1.82, 2.24) is 10.0 Å². The highest BCUT2D eigenvalue weighted by Crippen LogP contribution is 2.32. The summed E-state index contributed by atoms with van der Waals surface area (Å²) in [7, 11) is -2.28. The van der Waals surface area contributed by atoms with Crippen LogP contribution in [0, 0.1) is 0 Å². The molecule has 2 aromatic carbocycles. The van der Waals surface area contributed by atoms with Crippen LogP contribution in [0.4, 0.5) is 0 Å². The van der Waals surface area contributed by atoms with Crippen molar-refractivity contribution in [2.24, 2.45) is 0 Å². The van der Waals surface area contributed by atoms with Crippen LogP contribution >= 0.6 is 0 Å². The van der Waals surface area contributed by atoms with Gasteiger partial charge in [-0.2, -0.15) is 0 Å². The SMILES string of the molecule is CNS(=O)(=O)c1cccc(C(=O)NC(C)c2ccc3c(c2)OCCO3)c1. The minimum absolute atomic E-state index is 0.0413. The Kier molecular flexibility index (Phi) is 5.15. The fraction of sp³-hybridized carbons (Fsp3) is 0.278. The van der Waals surface area contributed by atoms with Crippen LogP contribution in [0.15, 0.2) is 47.4 Å². The summed E-state index contributed by atoms with van der Waals surface area (Å²) in [4.78, 5) is 12.5. The predicted molar refractivity (Wildman–Crippen MR) is 96.0 cm³/mol. The van der Waals surface area contributed by atoms with Crippen molar-refractivity contribution >= 4 is 15.9 Å². The van der Waals surface area contributed by atoms with Crippen molar-refractivity contribution in [3.63, 3.8) is 0 Å². The zero-order chi connectivity index (χ0) is 18.7. The van der Waals surface area contributed by atoms with E-state index in [2.05, 4.69) is 10.0 Å². The van der Waals surface area contributed by atoms with Crippen molar-refractivity contribution in [3.8, 4) is 11.5 Å². The molecule has 3 rings (SSSR count). The van der Waals surface area contributed by atoms with Crippen LogP contribution in [0.3, 0.4) is 0 Å². The summed E-state index contributed by atoms with van der Waals surface area (Å²) in [6.45, 7) is 2.85. The number of carbonyl (C=O) groups is 1. The minimum atomic E-state index is -3.61. The number of ether oxygens (including phenoxy) is 2. The fourth-order valence-corrected chi connectivity index (χ4v) is 3.39. The summed E-state index contributed by atoms with van der Waals surface area (Å²) in [5.74, 6) is 0.973. The maximum absolute atomic E-state index is 12.5. The quantitative estimate of drug-likeness (QED) is 0.831. The van der Waals surface area contributed by atoms with Gasteiger partial charge in [0.1, 0.15) is 13.2 Å². The second-order valence-corrected chi connectivity index (χ2v) is 7.72. The van der Waals surface area contributed by atoms with Crippen LogP contribution in [-0.4, -0.2) is 34.6 Å². The Bertz CT molecular complexity index is 927. The third-order valence-corrected chi connectivity index (χ3v) is 5.50. The van der Waals surface area contributed by atoms with Gasteiger partial charge in [-0.05, 0) is 49.9 Å². The highest BCUT2D eigenvalue weighted by atomic mass is 32.2. The van der Waals surface area contributed by atoms with Gasteiger partial charge in [0.2, 0.25) is 10.0 Å². The van der Waals surface area contributed by atoms with Crippen LogP contribution in [-0.2, 0) is 10.0 Å². The van der Waals surface area contributed by atoms with Gasteiger partial charge in [-0.3, -0.25) is 4.79 Å². The van der Waals surface area contributed by atoms with E-state index in [0.717, 1.165) is 5.56 Å². The van der Waals surface area contributed by atoms with Crippen LogP contribution < -0.4 is 19.5 Å². The summed E-state index contributed by atoms with van der Waals surface area (Å²) in [6, 6.07) is 11.1. The number of hydrogen-bond acceptors (Lipinski definition) is 5. The molecule has 0 radical (unpaired) electrons. The van der Waals surface area contributed by atoms with Crippen LogP contribution in [0.5, 0.6) is 11.5 Å². The van der Waals surface area contributed by atoms with Gasteiger partial charge in [0.05, 0.1) is 10.9 Å². The predicted octanol–water partition coefficient (Wildman–Crippen LogP) is 1.86. The molecule has 0 saturated carbocycles. The number of sulfonamides is 1. The molecular weight excluding hydrogens is 356 g/mol. The summed E-state index contributed by atoms with van der Waals surface area (Å²) < 4.78 is 37.1. The second-order valence-electron chi connectivity index (χ2n) is 5.83. The highest BCUT2D eigenvalue weighted by molar-refractivity contribution is 7.89. The fourth-order valence-electron chi connectivity index (χ4n) is 2.61. The minimum Gasteiger partial charge on any atom is -0.486 e. The standard InChI is InChI=1S/C18H20N2O5S/c1-12(13-6-7-16-17(11-13)25-9-8-24-16)20-18(21)14-4-3-5-15(10-14)26(22,23)19-2/h3-7,10-12,19H,8-9H2,1-2H3,(H,20,21). The average molecular weight is 376 g/mol. The first-order valence-corrected chi connectivity index (χ1v) is 9.63. The van der Waals surface area contributed by atoms with Crippen molar-refractivity contribution in [2.45, 2.75) is 17.9 Å². The molecule has 26 heavy (non-hydrogen) atoms. The molecule has 138 valence electrons. The van der Waals surface area contributed by atoms with E-state index in [1.807, 2.05) is 25.1 Å². The maximum atomic E-state index is 12.5. The Morgan fingerprint density at radius 3 is 2.54 bits per heavy atom. The molecule has 2 N–H and O–H groups in total. The molecule has 0 spiro atoms. The van der Waals surface area contributed by atoms with E-state index in [0.29, 0.717) is 24.7 Å². The van der Waals surface area contributed by atoms with Gasteiger partial charge in [-0.25, -0.2) is 13.1 Å². The van der Waals surface area contributed by atoms with Crippen LogP contribution in [0.1, 0.15) is 28.9 Å². The van der Waals surface area contributed by atoms with E-state index in [1.165, 1.54) is 25.2 Å². The van der Waals surface area contributed by atoms with Gasteiger partial charge >= 0.3 is 0 Å². The van der Waals surface area contributed by atoms with Crippen LogP contribution in [0.25, 0.3) is 0 Å². The Labute approximate surface area is 152 Å². The lowest BCUT2D eigenvalue weighted by Gasteiger charge is -2.21. The summed E-state index contributed by atoms with van der Waals surface area (Å²) >= 11 is 0. The number of amides is 1. The molecule has 0 aromatic heterocycles. The first kappa shape index (κ1) is 18.2. The number of rotatable bonds is 5. The van der Waals surface area contributed by atoms with Crippen molar-refractivity contribution < 1.29 is 22.7 Å². The Morgan fingerprint density at radius 2 is 1.81 bits per heavy atom. The van der Waals surface area contributed by atoms with Gasteiger partial charge < -0.3 is 14.8 Å². The van der Waals surface area contributed by atoms with Crippen LogP contribution in [0.2, 0.25) is 0 Å². The second kappa shape index (κ2) is 7.35. The van der Waals surface area contributed by atoms with E-state index >= 15 is 0 Å². The number of hydrogen-bond donors (Lipinski definition) is 2. The summed E-state index contributed by atoms with van der Waals surface area (Å²) in [5.41, 5.74) is 1.13. The largest absolute Gasteiger partial charge is 0.486 e. The molecule has 0 aliphatic carbocycles. The lowest BCUT2D eigenvalue weighted by molar-refractivity contribution is 0.0939. The topological polar surface area (TPSA) is 93.7 Å². The molecule has 0 bridgehead atoms. The molecule has 1 amide bonds. The number of carbonyl (C=O) groups excluding carboxylic acids is 1. The lowest BCUT2D eigenvalue weighted by Crippen LogP contribution is -2.27. The molecule has 0 saturated heterocycles. The Balaban J connectivity index is 1.76. The number of nitrogens with one attached hydrogen (secondary N) is 2. The molecule has 1 aliphatic heterocycles. The number of fused-ring (bicyclic) bond motifs is 1. The third-order valence-electron chi connectivity index (χ3n) is 4.09. The van der Waals surface area contributed by atoms with Gasteiger partial charge in [-0.1, -0.05) is 12.1 Å². The molecule has 7 nitrogen and oxygen atoms in total. The summed E-state index contributed by atoms with van der Waals surface area (Å²) in [5, 5.41) is 2.87. The maximum Gasteiger partial charge on any atom is 0.251 e. The first-order valence-electron chi connectivity index (χ1n) is 8.15. The first-order chi connectivity index (χ1) is 12.4. The lowest BCUT2D eigenvalue weighted by atomic mass is 10.1. The van der Waals surface area contributed by atoms with E-state index < -0.39 is 10.0 Å². The highest BCUT2D eigenvalue weighted by Gasteiger charge is 2.18. The molecule has 1 heterocycles. The summed E-state index contributed by atoms with van der Waals surface area (Å²) in [6.07, 6.45) is 0. The van der Waals surface area contributed by atoms with Crippen molar-refractivity contribution in [1.29, 1.82) is 0 Å². The average Bonchev–Trinajstić information content (AvgIpc) is 2.67. The zero-order valence-corrected chi connectivity index (χ0v) is 15.3. The Morgan fingerprint density at radius 1 is 1.08 bits per heavy atom. The molecule has 0 fully saturated rings. The van der Waals surface area contributed by atoms with Crippen molar-refractivity contribution in [3.05, 3.63) is 53.6 Å². The molecule has 1 atom stereocenters. The zero-order valence-electron chi connectivity index (χ0n) is 14.5. The monoisotopic (exact) mass is 376 g/mol. The third kappa shape index (κ3) is 3.81. The molecular formula is C18H20N2O5S. The van der Waals surface area contributed by atoms with E-state index in [9.17, 15) is 13.2 Å². The molecule has 1 aliphatic rings. The number of benzene rings is 2.